The molecule has 0 unspecified atom stereocenters. The monoisotopic (exact) mass is 253 g/mol. The maximum absolute atomic E-state index is 12.1. The lowest BCUT2D eigenvalue weighted by Crippen LogP contribution is -2.50. The number of rotatable bonds is 2. The van der Waals surface area contributed by atoms with E-state index in [1.165, 1.54) is 11.1 Å². The largest absolute Gasteiger partial charge is 0.296 e. The molecular formula is C12H15NOS2. The van der Waals surface area contributed by atoms with Gasteiger partial charge in [0.2, 0.25) is 5.12 Å². The van der Waals surface area contributed by atoms with Crippen LogP contribution in [-0.4, -0.2) is 29.6 Å². The second-order valence-corrected chi connectivity index (χ2v) is 5.53. The average molecular weight is 253 g/mol. The van der Waals surface area contributed by atoms with Crippen molar-refractivity contribution in [3.8, 4) is 0 Å². The summed E-state index contributed by atoms with van der Waals surface area (Å²) in [6.45, 7) is 0. The molecule has 0 N–H and O–H groups in total. The molecule has 1 aromatic carbocycles. The summed E-state index contributed by atoms with van der Waals surface area (Å²) >= 11 is 4.06. The maximum atomic E-state index is 12.1. The SMILES string of the molecule is CN(C)C1(C(=O)SS)Cc2ccccc2C1. The van der Waals surface area contributed by atoms with E-state index in [1.807, 2.05) is 31.1 Å². The summed E-state index contributed by atoms with van der Waals surface area (Å²) in [5, 5.41) is 0.136. The molecule has 0 aromatic heterocycles. The summed E-state index contributed by atoms with van der Waals surface area (Å²) in [6.07, 6.45) is 1.59. The first-order valence-electron chi connectivity index (χ1n) is 5.20. The van der Waals surface area contributed by atoms with Crippen LogP contribution in [0.3, 0.4) is 0 Å². The highest BCUT2D eigenvalue weighted by Crippen LogP contribution is 2.37. The molecule has 2 rings (SSSR count). The lowest BCUT2D eigenvalue weighted by molar-refractivity contribution is -0.120. The Balaban J connectivity index is 2.38. The predicted molar refractivity (Wildman–Crippen MR) is 71.9 cm³/mol. The van der Waals surface area contributed by atoms with E-state index in [0.717, 1.165) is 23.6 Å². The fourth-order valence-electron chi connectivity index (χ4n) is 2.32. The molecule has 0 amide bonds. The first kappa shape index (κ1) is 12.0. The molecule has 86 valence electrons. The van der Waals surface area contributed by atoms with E-state index in [1.54, 1.807) is 0 Å². The molecular weight excluding hydrogens is 238 g/mol. The van der Waals surface area contributed by atoms with Gasteiger partial charge in [-0.05, 0) is 48.9 Å². The number of nitrogens with zero attached hydrogens (tertiary/aromatic N) is 1. The van der Waals surface area contributed by atoms with Crippen LogP contribution in [0, 0.1) is 0 Å². The number of likely N-dealkylation sites (N-methyl/N-ethyl adjacent to an activating group) is 1. The number of carbonyl (C=O) groups excluding carboxylic acids is 1. The zero-order valence-corrected chi connectivity index (χ0v) is 11.1. The normalized spacial score (nSPS) is 17.5. The molecule has 1 aliphatic rings. The number of thiol groups is 1. The van der Waals surface area contributed by atoms with Gasteiger partial charge in [0.25, 0.3) is 0 Å². The Hall–Kier alpha value is -0.450. The number of fused-ring (bicyclic) bond motifs is 1. The molecule has 16 heavy (non-hydrogen) atoms. The smallest absolute Gasteiger partial charge is 0.220 e. The minimum absolute atomic E-state index is 0.136. The van der Waals surface area contributed by atoms with Gasteiger partial charge in [0.1, 0.15) is 0 Å². The zero-order valence-electron chi connectivity index (χ0n) is 9.43. The summed E-state index contributed by atoms with van der Waals surface area (Å²) in [5.41, 5.74) is 2.16. The molecule has 2 nitrogen and oxygen atoms in total. The van der Waals surface area contributed by atoms with Crippen molar-refractivity contribution in [1.82, 2.24) is 4.90 Å². The Kier molecular flexibility index (Phi) is 3.33. The molecule has 0 heterocycles. The van der Waals surface area contributed by atoms with Gasteiger partial charge in [0, 0.05) is 0 Å². The third-order valence-corrected chi connectivity index (χ3v) is 4.45. The fraction of sp³-hybridized carbons (Fsp3) is 0.417. The highest BCUT2D eigenvalue weighted by atomic mass is 33.1. The predicted octanol–water partition coefficient (Wildman–Crippen LogP) is 2.19. The van der Waals surface area contributed by atoms with Crippen molar-refractivity contribution in [3.05, 3.63) is 35.4 Å². The Morgan fingerprint density at radius 3 is 2.19 bits per heavy atom. The van der Waals surface area contributed by atoms with Gasteiger partial charge >= 0.3 is 0 Å². The standard InChI is InChI=1S/C12H15NOS2/c1-13(2)12(11(14)16-15)7-9-5-3-4-6-10(9)8-12/h3-6,15H,7-8H2,1-2H3. The van der Waals surface area contributed by atoms with Crippen molar-refractivity contribution in [2.24, 2.45) is 0 Å². The van der Waals surface area contributed by atoms with Gasteiger partial charge in [0.15, 0.2) is 0 Å². The Morgan fingerprint density at radius 1 is 1.31 bits per heavy atom. The van der Waals surface area contributed by atoms with Gasteiger partial charge in [-0.3, -0.25) is 9.69 Å². The molecule has 1 aliphatic carbocycles. The van der Waals surface area contributed by atoms with Crippen LogP contribution < -0.4 is 0 Å². The van der Waals surface area contributed by atoms with Crippen molar-refractivity contribution in [3.63, 3.8) is 0 Å². The first-order chi connectivity index (χ1) is 7.60. The van der Waals surface area contributed by atoms with Crippen molar-refractivity contribution in [2.45, 2.75) is 18.4 Å². The van der Waals surface area contributed by atoms with Crippen LogP contribution in [0.1, 0.15) is 11.1 Å². The van der Waals surface area contributed by atoms with Crippen molar-refractivity contribution in [2.75, 3.05) is 14.1 Å². The molecule has 0 saturated heterocycles. The van der Waals surface area contributed by atoms with E-state index in [4.69, 9.17) is 0 Å². The topological polar surface area (TPSA) is 20.3 Å². The van der Waals surface area contributed by atoms with Crippen LogP contribution in [0.25, 0.3) is 0 Å². The van der Waals surface area contributed by atoms with E-state index in [9.17, 15) is 4.79 Å². The minimum Gasteiger partial charge on any atom is -0.296 e. The Labute approximate surface area is 105 Å². The second kappa shape index (κ2) is 4.43. The van der Waals surface area contributed by atoms with E-state index >= 15 is 0 Å². The fourth-order valence-corrected chi connectivity index (χ4v) is 3.33. The number of hydrogen-bond donors (Lipinski definition) is 1. The zero-order chi connectivity index (χ0) is 11.8. The molecule has 0 bridgehead atoms. The summed E-state index contributed by atoms with van der Waals surface area (Å²) in [7, 11) is 4.97. The molecule has 0 spiro atoms. The highest BCUT2D eigenvalue weighted by molar-refractivity contribution is 8.74. The van der Waals surface area contributed by atoms with E-state index < -0.39 is 5.54 Å². The average Bonchev–Trinajstić information content (AvgIpc) is 2.68. The van der Waals surface area contributed by atoms with Crippen LogP contribution in [0.5, 0.6) is 0 Å². The van der Waals surface area contributed by atoms with Crippen LogP contribution in [0.4, 0.5) is 0 Å². The van der Waals surface area contributed by atoms with Gasteiger partial charge in [-0.1, -0.05) is 24.3 Å². The van der Waals surface area contributed by atoms with Crippen molar-refractivity contribution < 1.29 is 4.79 Å². The molecule has 0 radical (unpaired) electrons. The summed E-state index contributed by atoms with van der Waals surface area (Å²) in [5.74, 6) is 0. The van der Waals surface area contributed by atoms with Gasteiger partial charge in [0.05, 0.1) is 5.54 Å². The molecule has 0 aliphatic heterocycles. The third-order valence-electron chi connectivity index (χ3n) is 3.40. The van der Waals surface area contributed by atoms with Crippen LogP contribution in [-0.2, 0) is 17.6 Å². The summed E-state index contributed by atoms with van der Waals surface area (Å²) < 4.78 is 0. The van der Waals surface area contributed by atoms with E-state index in [0.29, 0.717) is 0 Å². The van der Waals surface area contributed by atoms with Gasteiger partial charge in [-0.15, -0.1) is 11.7 Å². The Morgan fingerprint density at radius 2 is 1.81 bits per heavy atom. The quantitative estimate of drug-likeness (QED) is 0.644. The highest BCUT2D eigenvalue weighted by Gasteiger charge is 2.45. The second-order valence-electron chi connectivity index (χ2n) is 4.43. The van der Waals surface area contributed by atoms with Gasteiger partial charge in [-0.25, -0.2) is 0 Å². The minimum atomic E-state index is -0.407. The summed E-state index contributed by atoms with van der Waals surface area (Å²) in [4.78, 5) is 14.1. The summed E-state index contributed by atoms with van der Waals surface area (Å²) in [6, 6.07) is 8.28. The number of benzene rings is 1. The van der Waals surface area contributed by atoms with Gasteiger partial charge in [-0.2, -0.15) is 0 Å². The van der Waals surface area contributed by atoms with Crippen LogP contribution in [0.15, 0.2) is 24.3 Å². The van der Waals surface area contributed by atoms with Crippen LogP contribution in [0.2, 0.25) is 0 Å². The molecule has 0 atom stereocenters. The first-order valence-corrected chi connectivity index (χ1v) is 7.07. The van der Waals surface area contributed by atoms with Crippen LogP contribution >= 0.6 is 22.5 Å². The molecule has 1 aromatic rings. The van der Waals surface area contributed by atoms with Gasteiger partial charge < -0.3 is 0 Å². The maximum Gasteiger partial charge on any atom is 0.220 e. The number of hydrogen-bond acceptors (Lipinski definition) is 4. The molecule has 4 heteroatoms. The molecule has 0 saturated carbocycles. The van der Waals surface area contributed by atoms with Crippen molar-refractivity contribution in [1.29, 1.82) is 0 Å². The lowest BCUT2D eigenvalue weighted by atomic mass is 9.96. The van der Waals surface area contributed by atoms with E-state index in [-0.39, 0.29) is 5.12 Å². The third kappa shape index (κ3) is 1.79. The lowest BCUT2D eigenvalue weighted by Gasteiger charge is -2.33. The van der Waals surface area contributed by atoms with Crippen molar-refractivity contribution >= 4 is 27.6 Å². The van der Waals surface area contributed by atoms with E-state index in [2.05, 4.69) is 23.8 Å². The Bertz CT molecular complexity index is 392. The number of carbonyl (C=O) groups is 1. The molecule has 0 fully saturated rings.